The van der Waals surface area contributed by atoms with Crippen LogP contribution in [0.5, 0.6) is 0 Å². The Bertz CT molecular complexity index is 1220. The second kappa shape index (κ2) is 6.39. The summed E-state index contributed by atoms with van der Waals surface area (Å²) in [6.07, 6.45) is 1.85. The number of hydrogen-bond donors (Lipinski definition) is 0. The lowest BCUT2D eigenvalue weighted by Gasteiger charge is -2.18. The lowest BCUT2D eigenvalue weighted by atomic mass is 9.87. The van der Waals surface area contributed by atoms with E-state index in [1.807, 2.05) is 18.2 Å². The highest BCUT2D eigenvalue weighted by Crippen LogP contribution is 2.22. The Hall–Kier alpha value is -2.86. The minimum atomic E-state index is -0.321. The van der Waals surface area contributed by atoms with Crippen LogP contribution in [-0.2, 0) is 5.41 Å². The van der Waals surface area contributed by atoms with Crippen LogP contribution in [0.1, 0.15) is 31.9 Å². The van der Waals surface area contributed by atoms with Gasteiger partial charge in [-0.25, -0.2) is 4.39 Å². The molecule has 2 heterocycles. The molecule has 2 aromatic carbocycles. The van der Waals surface area contributed by atoms with Crippen molar-refractivity contribution in [3.63, 3.8) is 0 Å². The molecule has 6 heteroatoms. The van der Waals surface area contributed by atoms with Crippen LogP contribution < -0.4 is 10.1 Å². The monoisotopic (exact) mass is 379 g/mol. The van der Waals surface area contributed by atoms with E-state index in [-0.39, 0.29) is 16.8 Å². The first-order valence-electron chi connectivity index (χ1n) is 8.59. The fourth-order valence-electron chi connectivity index (χ4n) is 2.79. The third-order valence-electron chi connectivity index (χ3n) is 4.36. The second-order valence-electron chi connectivity index (χ2n) is 7.42. The predicted octanol–water partition coefficient (Wildman–Crippen LogP) is 3.80. The molecule has 0 unspecified atom stereocenters. The largest absolute Gasteiger partial charge is 0.291 e. The summed E-state index contributed by atoms with van der Waals surface area (Å²) in [7, 11) is 0. The first kappa shape index (κ1) is 17.5. The number of thiazole rings is 1. The number of aromatic nitrogens is 3. The molecule has 0 atom stereocenters. The average Bonchev–Trinajstić information content (AvgIpc) is 3.15. The van der Waals surface area contributed by atoms with Crippen LogP contribution in [-0.4, -0.2) is 14.6 Å². The maximum absolute atomic E-state index is 13.1. The number of hydrogen-bond acceptors (Lipinski definition) is 4. The Morgan fingerprint density at radius 1 is 1.04 bits per heavy atom. The number of benzene rings is 2. The van der Waals surface area contributed by atoms with E-state index in [4.69, 9.17) is 0 Å². The number of nitrogens with zero attached hydrogens (tertiary/aromatic N) is 3. The van der Waals surface area contributed by atoms with Gasteiger partial charge in [0.2, 0.25) is 4.96 Å². The zero-order valence-electron chi connectivity index (χ0n) is 15.2. The SMILES string of the molecule is CC(C)(C)c1ccc(/C=c2\sc3nc(-c4ccc(F)cc4)nn3c2=O)cc1. The molecule has 2 aromatic heterocycles. The summed E-state index contributed by atoms with van der Waals surface area (Å²) in [5.41, 5.74) is 2.77. The molecule has 4 aromatic rings. The van der Waals surface area contributed by atoms with Crippen LogP contribution >= 0.6 is 11.3 Å². The quantitative estimate of drug-likeness (QED) is 0.532. The summed E-state index contributed by atoms with van der Waals surface area (Å²) in [5.74, 6) is 0.0954. The highest BCUT2D eigenvalue weighted by molar-refractivity contribution is 7.15. The summed E-state index contributed by atoms with van der Waals surface area (Å²) in [5, 5.41) is 4.28. The molecule has 0 amide bonds. The Kier molecular flexibility index (Phi) is 4.15. The molecule has 0 aliphatic heterocycles. The van der Waals surface area contributed by atoms with E-state index in [2.05, 4.69) is 43.0 Å². The fourth-order valence-corrected chi connectivity index (χ4v) is 3.69. The maximum atomic E-state index is 13.1. The Morgan fingerprint density at radius 3 is 2.30 bits per heavy atom. The van der Waals surface area contributed by atoms with E-state index >= 15 is 0 Å². The summed E-state index contributed by atoms with van der Waals surface area (Å²) in [4.78, 5) is 17.6. The van der Waals surface area contributed by atoms with Gasteiger partial charge in [0.05, 0.1) is 4.53 Å². The third-order valence-corrected chi connectivity index (χ3v) is 5.32. The van der Waals surface area contributed by atoms with Crippen molar-refractivity contribution < 1.29 is 4.39 Å². The highest BCUT2D eigenvalue weighted by Gasteiger charge is 2.14. The van der Waals surface area contributed by atoms with Crippen LogP contribution in [0.2, 0.25) is 0 Å². The van der Waals surface area contributed by atoms with Gasteiger partial charge in [-0.05, 0) is 46.9 Å². The first-order valence-corrected chi connectivity index (χ1v) is 9.41. The fraction of sp³-hybridized carbons (Fsp3) is 0.190. The van der Waals surface area contributed by atoms with Crippen molar-refractivity contribution in [2.75, 3.05) is 0 Å². The number of fused-ring (bicyclic) bond motifs is 1. The van der Waals surface area contributed by atoms with Gasteiger partial charge in [0.15, 0.2) is 5.82 Å². The first-order chi connectivity index (χ1) is 12.8. The van der Waals surface area contributed by atoms with Gasteiger partial charge >= 0.3 is 0 Å². The third kappa shape index (κ3) is 3.40. The van der Waals surface area contributed by atoms with Crippen molar-refractivity contribution >= 4 is 22.4 Å². The molecule has 0 fully saturated rings. The van der Waals surface area contributed by atoms with E-state index in [0.29, 0.717) is 20.9 Å². The molecular formula is C21H18FN3OS. The van der Waals surface area contributed by atoms with Crippen molar-refractivity contribution in [2.24, 2.45) is 0 Å². The lowest BCUT2D eigenvalue weighted by molar-refractivity contribution is 0.590. The maximum Gasteiger partial charge on any atom is 0.291 e. The summed E-state index contributed by atoms with van der Waals surface area (Å²) in [6.45, 7) is 6.50. The van der Waals surface area contributed by atoms with Crippen LogP contribution in [0.4, 0.5) is 4.39 Å². The van der Waals surface area contributed by atoms with Gasteiger partial charge in [-0.2, -0.15) is 9.50 Å². The van der Waals surface area contributed by atoms with Gasteiger partial charge in [-0.1, -0.05) is 56.4 Å². The normalized spacial score (nSPS) is 12.8. The van der Waals surface area contributed by atoms with Crippen molar-refractivity contribution in [3.05, 3.63) is 80.4 Å². The smallest absolute Gasteiger partial charge is 0.266 e. The van der Waals surface area contributed by atoms with E-state index in [1.54, 1.807) is 12.1 Å². The summed E-state index contributed by atoms with van der Waals surface area (Å²) < 4.78 is 14.9. The second-order valence-corrected chi connectivity index (χ2v) is 8.43. The Morgan fingerprint density at radius 2 is 1.70 bits per heavy atom. The molecule has 0 saturated carbocycles. The Labute approximate surface area is 159 Å². The van der Waals surface area contributed by atoms with Crippen molar-refractivity contribution in [1.82, 2.24) is 14.6 Å². The van der Waals surface area contributed by atoms with Crippen molar-refractivity contribution in [2.45, 2.75) is 26.2 Å². The van der Waals surface area contributed by atoms with Crippen molar-refractivity contribution in [3.8, 4) is 11.4 Å². The summed E-state index contributed by atoms with van der Waals surface area (Å²) in [6, 6.07) is 14.1. The minimum Gasteiger partial charge on any atom is -0.266 e. The standard InChI is InChI=1S/C21H18FN3OS/c1-21(2,3)15-8-4-13(5-9-15)12-17-19(26)25-20(27-17)23-18(24-25)14-6-10-16(22)11-7-14/h4-12H,1-3H3/b17-12-. The van der Waals surface area contributed by atoms with Crippen LogP contribution in [0.15, 0.2) is 53.3 Å². The van der Waals surface area contributed by atoms with Gasteiger partial charge in [0.1, 0.15) is 5.82 Å². The molecule has 0 aliphatic rings. The zero-order valence-corrected chi connectivity index (χ0v) is 16.0. The highest BCUT2D eigenvalue weighted by atomic mass is 32.1. The molecule has 27 heavy (non-hydrogen) atoms. The molecule has 0 radical (unpaired) electrons. The number of rotatable bonds is 2. The van der Waals surface area contributed by atoms with Crippen LogP contribution in [0, 0.1) is 5.82 Å². The Balaban J connectivity index is 1.72. The van der Waals surface area contributed by atoms with E-state index in [0.717, 1.165) is 5.56 Å². The van der Waals surface area contributed by atoms with Gasteiger partial charge < -0.3 is 0 Å². The molecule has 0 spiro atoms. The van der Waals surface area contributed by atoms with Crippen LogP contribution in [0.3, 0.4) is 0 Å². The van der Waals surface area contributed by atoms with Gasteiger partial charge in [0.25, 0.3) is 5.56 Å². The van der Waals surface area contributed by atoms with E-state index in [9.17, 15) is 9.18 Å². The topological polar surface area (TPSA) is 47.3 Å². The van der Waals surface area contributed by atoms with E-state index in [1.165, 1.54) is 33.5 Å². The summed E-state index contributed by atoms with van der Waals surface area (Å²) >= 11 is 1.29. The molecule has 0 N–H and O–H groups in total. The molecule has 0 saturated heterocycles. The van der Waals surface area contributed by atoms with Crippen molar-refractivity contribution in [1.29, 1.82) is 0 Å². The van der Waals surface area contributed by atoms with E-state index < -0.39 is 0 Å². The lowest BCUT2D eigenvalue weighted by Crippen LogP contribution is -2.23. The van der Waals surface area contributed by atoms with Gasteiger partial charge in [-0.3, -0.25) is 4.79 Å². The minimum absolute atomic E-state index is 0.0898. The number of halogens is 1. The van der Waals surface area contributed by atoms with Crippen LogP contribution in [0.25, 0.3) is 22.4 Å². The molecule has 136 valence electrons. The zero-order chi connectivity index (χ0) is 19.2. The molecule has 4 rings (SSSR count). The van der Waals surface area contributed by atoms with Gasteiger partial charge in [-0.15, -0.1) is 5.10 Å². The molecule has 4 nitrogen and oxygen atoms in total. The molecular weight excluding hydrogens is 361 g/mol. The predicted molar refractivity (Wildman–Crippen MR) is 106 cm³/mol. The van der Waals surface area contributed by atoms with Gasteiger partial charge in [0, 0.05) is 5.56 Å². The molecule has 0 bridgehead atoms. The average molecular weight is 379 g/mol. The molecule has 0 aliphatic carbocycles.